The lowest BCUT2D eigenvalue weighted by atomic mass is 10.2. The molecule has 0 aliphatic carbocycles. The van der Waals surface area contributed by atoms with Crippen molar-refractivity contribution < 1.29 is 13.5 Å². The number of aryl methyl sites for hydroxylation is 2. The van der Waals surface area contributed by atoms with E-state index >= 15 is 0 Å². The zero-order valence-electron chi connectivity index (χ0n) is 11.1. The van der Waals surface area contributed by atoms with Crippen molar-refractivity contribution in [1.82, 2.24) is 13.9 Å². The number of hydrogen-bond donors (Lipinski definition) is 1. The largest absolute Gasteiger partial charge is 0.396 e. The molecule has 1 aromatic heterocycles. The molecule has 1 rings (SSSR count). The Balaban J connectivity index is 2.68. The Kier molecular flexibility index (Phi) is 5.30. The molecule has 7 heteroatoms. The van der Waals surface area contributed by atoms with Crippen molar-refractivity contribution in [3.63, 3.8) is 0 Å². The highest BCUT2D eigenvalue weighted by molar-refractivity contribution is 7.89. The number of rotatable bonds is 7. The summed E-state index contributed by atoms with van der Waals surface area (Å²) < 4.78 is 27.3. The molecule has 0 saturated carbocycles. The fraction of sp³-hybridized carbons (Fsp3) is 0.727. The number of imidazole rings is 1. The summed E-state index contributed by atoms with van der Waals surface area (Å²) in [7, 11) is -0.169. The molecule has 0 fully saturated rings. The standard InChI is InChI=1S/C11H21N3O3S/c1-10-12-11(9-13(10)2)18(16,17)14(3)7-5-4-6-8-15/h9,15H,4-8H2,1-3H3. The van der Waals surface area contributed by atoms with E-state index in [0.717, 1.165) is 12.8 Å². The predicted molar refractivity (Wildman–Crippen MR) is 68.7 cm³/mol. The minimum atomic E-state index is -3.49. The molecule has 0 spiro atoms. The SMILES string of the molecule is Cc1nc(S(=O)(=O)N(C)CCCCCO)cn1C. The van der Waals surface area contributed by atoms with Crippen LogP contribution in [0, 0.1) is 6.92 Å². The minimum absolute atomic E-state index is 0.0900. The molecular weight excluding hydrogens is 254 g/mol. The van der Waals surface area contributed by atoms with Crippen LogP contribution in [-0.2, 0) is 17.1 Å². The molecule has 1 heterocycles. The lowest BCUT2D eigenvalue weighted by Gasteiger charge is -2.15. The lowest BCUT2D eigenvalue weighted by molar-refractivity contribution is 0.281. The molecule has 104 valence electrons. The first-order valence-corrected chi connectivity index (χ1v) is 7.40. The van der Waals surface area contributed by atoms with Crippen LogP contribution >= 0.6 is 0 Å². The van der Waals surface area contributed by atoms with Gasteiger partial charge in [-0.05, 0) is 26.2 Å². The molecule has 0 amide bonds. The molecule has 0 aliphatic heterocycles. The second kappa shape index (κ2) is 6.31. The third-order valence-corrected chi connectivity index (χ3v) is 4.62. The second-order valence-electron chi connectivity index (χ2n) is 4.35. The third kappa shape index (κ3) is 3.54. The van der Waals surface area contributed by atoms with E-state index in [1.807, 2.05) is 0 Å². The zero-order valence-corrected chi connectivity index (χ0v) is 11.9. The maximum Gasteiger partial charge on any atom is 0.261 e. The Morgan fingerprint density at radius 1 is 1.39 bits per heavy atom. The summed E-state index contributed by atoms with van der Waals surface area (Å²) in [6, 6.07) is 0. The van der Waals surface area contributed by atoms with Gasteiger partial charge in [-0.2, -0.15) is 4.31 Å². The Morgan fingerprint density at radius 2 is 2.06 bits per heavy atom. The first-order chi connectivity index (χ1) is 8.39. The summed E-state index contributed by atoms with van der Waals surface area (Å²) in [5.74, 6) is 0.669. The van der Waals surface area contributed by atoms with Crippen molar-refractivity contribution in [1.29, 1.82) is 0 Å². The zero-order chi connectivity index (χ0) is 13.8. The number of hydrogen-bond acceptors (Lipinski definition) is 4. The molecule has 0 atom stereocenters. The molecule has 1 N–H and O–H groups in total. The normalized spacial score (nSPS) is 12.3. The van der Waals surface area contributed by atoms with Crippen LogP contribution in [0.3, 0.4) is 0 Å². The van der Waals surface area contributed by atoms with Crippen LogP contribution in [-0.4, -0.2) is 47.6 Å². The molecule has 0 aliphatic rings. The predicted octanol–water partition coefficient (Wildman–Crippen LogP) is 0.512. The Labute approximate surface area is 108 Å². The van der Waals surface area contributed by atoms with Crippen molar-refractivity contribution >= 4 is 10.0 Å². The van der Waals surface area contributed by atoms with Gasteiger partial charge in [-0.15, -0.1) is 0 Å². The fourth-order valence-electron chi connectivity index (χ4n) is 1.55. The van der Waals surface area contributed by atoms with Crippen LogP contribution in [0.2, 0.25) is 0 Å². The highest BCUT2D eigenvalue weighted by atomic mass is 32.2. The highest BCUT2D eigenvalue weighted by Gasteiger charge is 2.23. The first kappa shape index (κ1) is 15.1. The van der Waals surface area contributed by atoms with Crippen LogP contribution in [0.5, 0.6) is 0 Å². The summed E-state index contributed by atoms with van der Waals surface area (Å²) in [6.07, 6.45) is 3.78. The lowest BCUT2D eigenvalue weighted by Crippen LogP contribution is -2.28. The molecular formula is C11H21N3O3S. The van der Waals surface area contributed by atoms with Crippen molar-refractivity contribution in [3.05, 3.63) is 12.0 Å². The van der Waals surface area contributed by atoms with Crippen LogP contribution in [0.4, 0.5) is 0 Å². The van der Waals surface area contributed by atoms with Gasteiger partial charge in [0.15, 0.2) is 5.03 Å². The third-order valence-electron chi connectivity index (χ3n) is 2.89. The number of aliphatic hydroxyl groups is 1. The van der Waals surface area contributed by atoms with E-state index in [9.17, 15) is 8.42 Å². The van der Waals surface area contributed by atoms with Crippen LogP contribution < -0.4 is 0 Å². The second-order valence-corrected chi connectivity index (χ2v) is 6.34. The Bertz CT molecular complexity index is 462. The van der Waals surface area contributed by atoms with Crippen molar-refractivity contribution in [2.75, 3.05) is 20.2 Å². The maximum atomic E-state index is 12.2. The van der Waals surface area contributed by atoms with Gasteiger partial charge in [0.2, 0.25) is 0 Å². The van der Waals surface area contributed by atoms with Gasteiger partial charge in [-0.3, -0.25) is 0 Å². The quantitative estimate of drug-likeness (QED) is 0.736. The molecule has 1 aromatic rings. The van der Waals surface area contributed by atoms with Gasteiger partial charge in [0.05, 0.1) is 0 Å². The van der Waals surface area contributed by atoms with Gasteiger partial charge in [-0.1, -0.05) is 0 Å². The average Bonchev–Trinajstić information content (AvgIpc) is 2.65. The van der Waals surface area contributed by atoms with E-state index in [1.54, 1.807) is 25.6 Å². The minimum Gasteiger partial charge on any atom is -0.396 e. The summed E-state index contributed by atoms with van der Waals surface area (Å²) in [4.78, 5) is 4.04. The van der Waals surface area contributed by atoms with Crippen LogP contribution in [0.25, 0.3) is 0 Å². The number of unbranched alkanes of at least 4 members (excludes halogenated alkanes) is 2. The Morgan fingerprint density at radius 3 is 2.56 bits per heavy atom. The first-order valence-electron chi connectivity index (χ1n) is 5.96. The van der Waals surface area contributed by atoms with E-state index in [-0.39, 0.29) is 11.6 Å². The molecule has 0 bridgehead atoms. The Hall–Kier alpha value is -0.920. The number of nitrogens with zero attached hydrogens (tertiary/aromatic N) is 3. The maximum absolute atomic E-state index is 12.2. The number of aromatic nitrogens is 2. The van der Waals surface area contributed by atoms with E-state index in [1.165, 1.54) is 10.5 Å². The van der Waals surface area contributed by atoms with Gasteiger partial charge >= 0.3 is 0 Å². The summed E-state index contributed by atoms with van der Waals surface area (Å²) >= 11 is 0. The van der Waals surface area contributed by atoms with Crippen molar-refractivity contribution in [2.45, 2.75) is 31.2 Å². The van der Waals surface area contributed by atoms with Gasteiger partial charge in [0.1, 0.15) is 5.82 Å². The monoisotopic (exact) mass is 275 g/mol. The smallest absolute Gasteiger partial charge is 0.261 e. The van der Waals surface area contributed by atoms with E-state index < -0.39 is 10.0 Å². The van der Waals surface area contributed by atoms with Gasteiger partial charge in [0, 0.05) is 33.4 Å². The topological polar surface area (TPSA) is 75.4 Å². The molecule has 0 radical (unpaired) electrons. The summed E-state index contributed by atoms with van der Waals surface area (Å²) in [5.41, 5.74) is 0. The highest BCUT2D eigenvalue weighted by Crippen LogP contribution is 2.13. The van der Waals surface area contributed by atoms with E-state index in [4.69, 9.17) is 5.11 Å². The molecule has 6 nitrogen and oxygen atoms in total. The van der Waals surface area contributed by atoms with Gasteiger partial charge in [0.25, 0.3) is 10.0 Å². The van der Waals surface area contributed by atoms with Crippen molar-refractivity contribution in [2.24, 2.45) is 7.05 Å². The molecule has 0 aromatic carbocycles. The van der Waals surface area contributed by atoms with E-state index in [0.29, 0.717) is 18.8 Å². The summed E-state index contributed by atoms with van der Waals surface area (Å²) in [5, 5.41) is 8.75. The molecule has 0 unspecified atom stereocenters. The fourth-order valence-corrected chi connectivity index (χ4v) is 2.78. The van der Waals surface area contributed by atoms with E-state index in [2.05, 4.69) is 4.98 Å². The van der Waals surface area contributed by atoms with Crippen molar-refractivity contribution in [3.8, 4) is 0 Å². The number of sulfonamides is 1. The number of aliphatic hydroxyl groups excluding tert-OH is 1. The summed E-state index contributed by atoms with van der Waals surface area (Å²) in [6.45, 7) is 2.36. The molecule has 0 saturated heterocycles. The van der Waals surface area contributed by atoms with Gasteiger partial charge < -0.3 is 9.67 Å². The molecule has 18 heavy (non-hydrogen) atoms. The van der Waals surface area contributed by atoms with Crippen LogP contribution in [0.1, 0.15) is 25.1 Å². The average molecular weight is 275 g/mol. The van der Waals surface area contributed by atoms with Gasteiger partial charge in [-0.25, -0.2) is 13.4 Å². The van der Waals surface area contributed by atoms with Crippen LogP contribution in [0.15, 0.2) is 11.2 Å².